The van der Waals surface area contributed by atoms with Crippen LogP contribution < -0.4 is 51.4 Å². The molecule has 0 fully saturated rings. The van der Waals surface area contributed by atoms with E-state index in [1.165, 1.54) is 24.3 Å². The molecule has 0 saturated carbocycles. The molecular formula is C15H13KO4. The van der Waals surface area contributed by atoms with Gasteiger partial charge in [0, 0.05) is 0 Å². The molecule has 0 amide bonds. The van der Waals surface area contributed by atoms with Crippen molar-refractivity contribution >= 4 is 11.9 Å². The maximum Gasteiger partial charge on any atom is 1.00 e. The molecule has 0 aliphatic heterocycles. The van der Waals surface area contributed by atoms with Gasteiger partial charge in [0.05, 0.1) is 11.1 Å². The summed E-state index contributed by atoms with van der Waals surface area (Å²) in [4.78, 5) is 22.4. The van der Waals surface area contributed by atoms with Gasteiger partial charge >= 0.3 is 63.3 Å². The van der Waals surface area contributed by atoms with E-state index in [4.69, 9.17) is 9.84 Å². The summed E-state index contributed by atoms with van der Waals surface area (Å²) in [6.07, 6.45) is 0. The predicted octanol–water partition coefficient (Wildman–Crippen LogP) is -0.142. The molecule has 0 heterocycles. The van der Waals surface area contributed by atoms with Crippen molar-refractivity contribution in [2.24, 2.45) is 0 Å². The van der Waals surface area contributed by atoms with E-state index in [1.807, 2.05) is 30.3 Å². The van der Waals surface area contributed by atoms with Gasteiger partial charge < -0.3 is 11.3 Å². The number of benzene rings is 2. The van der Waals surface area contributed by atoms with Gasteiger partial charge in [-0.25, -0.2) is 9.59 Å². The molecule has 0 radical (unpaired) electrons. The van der Waals surface area contributed by atoms with Crippen molar-refractivity contribution in [3.8, 4) is 0 Å². The molecule has 0 aliphatic rings. The second kappa shape index (κ2) is 8.34. The maximum atomic E-state index is 11.7. The Morgan fingerprint density at radius 3 is 2.05 bits per heavy atom. The number of carboxylic acids is 1. The first-order valence-electron chi connectivity index (χ1n) is 5.71. The third-order valence-electron chi connectivity index (χ3n) is 2.58. The Bertz CT molecular complexity index is 584. The average molecular weight is 296 g/mol. The van der Waals surface area contributed by atoms with Gasteiger partial charge in [-0.2, -0.15) is 0 Å². The number of rotatable bonds is 4. The second-order valence-electron chi connectivity index (χ2n) is 3.94. The Labute approximate surface area is 160 Å². The van der Waals surface area contributed by atoms with Crippen LogP contribution in [-0.2, 0) is 11.3 Å². The van der Waals surface area contributed by atoms with Gasteiger partial charge in [-0.3, -0.25) is 0 Å². The van der Waals surface area contributed by atoms with Crippen LogP contribution in [0.15, 0.2) is 54.6 Å². The molecule has 0 aromatic heterocycles. The molecule has 2 aromatic rings. The quantitative estimate of drug-likeness (QED) is 0.630. The molecule has 0 saturated heterocycles. The molecule has 0 spiro atoms. The van der Waals surface area contributed by atoms with Crippen LogP contribution in [0.3, 0.4) is 0 Å². The summed E-state index contributed by atoms with van der Waals surface area (Å²) in [6, 6.07) is 15.0. The summed E-state index contributed by atoms with van der Waals surface area (Å²) in [6.45, 7) is 0.195. The number of hydrogen-bond donors (Lipinski definition) is 1. The SMILES string of the molecule is O=C(O)c1ccc(C(=O)OCc2ccccc2)cc1.[H-].[K+]. The number of carbonyl (C=O) groups is 2. The van der Waals surface area contributed by atoms with Crippen molar-refractivity contribution in [3.63, 3.8) is 0 Å². The van der Waals surface area contributed by atoms with Crippen molar-refractivity contribution < 1.29 is 72.2 Å². The number of carbonyl (C=O) groups excluding carboxylic acids is 1. The van der Waals surface area contributed by atoms with Gasteiger partial charge in [0.15, 0.2) is 0 Å². The van der Waals surface area contributed by atoms with Crippen molar-refractivity contribution in [2.75, 3.05) is 0 Å². The summed E-state index contributed by atoms with van der Waals surface area (Å²) >= 11 is 0. The predicted molar refractivity (Wildman–Crippen MR) is 70.1 cm³/mol. The largest absolute Gasteiger partial charge is 1.00 e. The number of esters is 1. The zero-order valence-electron chi connectivity index (χ0n) is 12.1. The minimum atomic E-state index is -1.02. The standard InChI is InChI=1S/C15H12O4.K.H/c16-14(17)12-6-8-13(9-7-12)15(18)19-10-11-4-2-1-3-5-11;;/h1-9H,10H2,(H,16,17);;/q;+1;-1. The van der Waals surface area contributed by atoms with Crippen molar-refractivity contribution in [3.05, 3.63) is 71.3 Å². The topological polar surface area (TPSA) is 63.6 Å². The Hall–Kier alpha value is -0.984. The molecule has 20 heavy (non-hydrogen) atoms. The van der Waals surface area contributed by atoms with E-state index >= 15 is 0 Å². The van der Waals surface area contributed by atoms with Gasteiger partial charge in [-0.05, 0) is 29.8 Å². The number of aromatic carboxylic acids is 1. The summed E-state index contributed by atoms with van der Waals surface area (Å²) in [5.74, 6) is -1.50. The van der Waals surface area contributed by atoms with E-state index in [2.05, 4.69) is 0 Å². The molecule has 0 bridgehead atoms. The van der Waals surface area contributed by atoms with Crippen LogP contribution in [0.5, 0.6) is 0 Å². The van der Waals surface area contributed by atoms with E-state index in [1.54, 1.807) is 0 Å². The molecule has 4 nitrogen and oxygen atoms in total. The van der Waals surface area contributed by atoms with Gasteiger partial charge in [-0.1, -0.05) is 30.3 Å². The molecule has 5 heteroatoms. The first-order chi connectivity index (χ1) is 9.16. The van der Waals surface area contributed by atoms with Gasteiger partial charge in [-0.15, -0.1) is 0 Å². The zero-order valence-corrected chi connectivity index (χ0v) is 14.2. The summed E-state index contributed by atoms with van der Waals surface area (Å²) in [7, 11) is 0. The van der Waals surface area contributed by atoms with E-state index in [0.29, 0.717) is 5.56 Å². The van der Waals surface area contributed by atoms with Crippen molar-refractivity contribution in [1.29, 1.82) is 0 Å². The van der Waals surface area contributed by atoms with Crippen LogP contribution in [0.4, 0.5) is 0 Å². The smallest absolute Gasteiger partial charge is 1.00 e. The fraction of sp³-hybridized carbons (Fsp3) is 0.0667. The third kappa shape index (κ3) is 4.84. The molecule has 0 aliphatic carbocycles. The van der Waals surface area contributed by atoms with E-state index in [0.717, 1.165) is 5.56 Å². The first-order valence-corrected chi connectivity index (χ1v) is 5.71. The Balaban J connectivity index is 0.00000200. The van der Waals surface area contributed by atoms with E-state index in [-0.39, 0.29) is 65.0 Å². The Kier molecular flexibility index (Phi) is 7.11. The van der Waals surface area contributed by atoms with E-state index in [9.17, 15) is 9.59 Å². The van der Waals surface area contributed by atoms with Gasteiger partial charge in [0.25, 0.3) is 0 Å². The van der Waals surface area contributed by atoms with E-state index < -0.39 is 11.9 Å². The molecule has 1 N–H and O–H groups in total. The van der Waals surface area contributed by atoms with Crippen LogP contribution in [0, 0.1) is 0 Å². The van der Waals surface area contributed by atoms with Gasteiger partial charge in [0.2, 0.25) is 0 Å². The van der Waals surface area contributed by atoms with Crippen LogP contribution >= 0.6 is 0 Å². The Morgan fingerprint density at radius 1 is 0.950 bits per heavy atom. The molecule has 2 rings (SSSR count). The monoisotopic (exact) mass is 296 g/mol. The summed E-state index contributed by atoms with van der Waals surface area (Å²) in [5.41, 5.74) is 1.37. The van der Waals surface area contributed by atoms with Crippen molar-refractivity contribution in [2.45, 2.75) is 6.61 Å². The molecular weight excluding hydrogens is 283 g/mol. The summed E-state index contributed by atoms with van der Waals surface area (Å²) < 4.78 is 5.13. The minimum absolute atomic E-state index is 0. The third-order valence-corrected chi connectivity index (χ3v) is 2.58. The van der Waals surface area contributed by atoms with Crippen LogP contribution in [0.1, 0.15) is 27.7 Å². The minimum Gasteiger partial charge on any atom is -1.00 e. The van der Waals surface area contributed by atoms with Crippen LogP contribution in [-0.4, -0.2) is 17.0 Å². The molecule has 98 valence electrons. The molecule has 2 aromatic carbocycles. The maximum absolute atomic E-state index is 11.7. The second-order valence-corrected chi connectivity index (χ2v) is 3.94. The number of carboxylic acid groups (broad SMARTS) is 1. The average Bonchev–Trinajstić information content (AvgIpc) is 2.46. The first kappa shape index (κ1) is 17.1. The van der Waals surface area contributed by atoms with Crippen LogP contribution in [0.25, 0.3) is 0 Å². The number of ether oxygens (including phenoxy) is 1. The molecule has 0 unspecified atom stereocenters. The molecule has 0 atom stereocenters. The van der Waals surface area contributed by atoms with Crippen molar-refractivity contribution in [1.82, 2.24) is 0 Å². The summed E-state index contributed by atoms with van der Waals surface area (Å²) in [5, 5.41) is 8.75. The normalized spacial score (nSPS) is 9.40. The van der Waals surface area contributed by atoms with Crippen LogP contribution in [0.2, 0.25) is 0 Å². The number of hydrogen-bond acceptors (Lipinski definition) is 3. The van der Waals surface area contributed by atoms with Gasteiger partial charge in [0.1, 0.15) is 6.61 Å². The fourth-order valence-electron chi connectivity index (χ4n) is 1.56. The zero-order chi connectivity index (χ0) is 13.7. The fourth-order valence-corrected chi connectivity index (χ4v) is 1.56. The Morgan fingerprint density at radius 2 is 1.50 bits per heavy atom.